The Morgan fingerprint density at radius 2 is 2.06 bits per heavy atom. The van der Waals surface area contributed by atoms with Crippen molar-refractivity contribution in [3.8, 4) is 5.75 Å². The number of methoxy groups -OCH3 is 1. The van der Waals surface area contributed by atoms with Crippen molar-refractivity contribution in [2.75, 3.05) is 19.0 Å². The second kappa shape index (κ2) is 4.04. The highest BCUT2D eigenvalue weighted by atomic mass is 16.5. The number of rotatable bonds is 5. The van der Waals surface area contributed by atoms with Crippen LogP contribution in [0.4, 0.5) is 5.69 Å². The summed E-state index contributed by atoms with van der Waals surface area (Å²) in [6.45, 7) is 0.495. The van der Waals surface area contributed by atoms with Crippen LogP contribution in [0.3, 0.4) is 0 Å². The van der Waals surface area contributed by atoms with Crippen molar-refractivity contribution in [1.82, 2.24) is 0 Å². The molecule has 0 aromatic heterocycles. The number of carboxylic acid groups (broad SMARTS) is 1. The van der Waals surface area contributed by atoms with E-state index >= 15 is 0 Å². The van der Waals surface area contributed by atoms with Crippen LogP contribution in [0.15, 0.2) is 24.3 Å². The molecule has 2 rings (SSSR count). The van der Waals surface area contributed by atoms with Gasteiger partial charge in [0.25, 0.3) is 0 Å². The first-order valence-electron chi connectivity index (χ1n) is 5.28. The first-order valence-corrected chi connectivity index (χ1v) is 5.28. The van der Waals surface area contributed by atoms with Crippen LogP contribution in [0.25, 0.3) is 0 Å². The summed E-state index contributed by atoms with van der Waals surface area (Å²) in [6, 6.07) is 7.47. The molecule has 4 heteroatoms. The highest BCUT2D eigenvalue weighted by Gasteiger charge is 2.49. The van der Waals surface area contributed by atoms with E-state index in [4.69, 9.17) is 9.84 Å². The number of ether oxygens (including phenoxy) is 1. The molecule has 1 aromatic carbocycles. The zero-order valence-electron chi connectivity index (χ0n) is 9.19. The van der Waals surface area contributed by atoms with Crippen molar-refractivity contribution in [2.24, 2.45) is 5.41 Å². The SMILES string of the molecule is COc1ccc(NCC2(C(=O)O)CC2)cc1. The number of anilines is 1. The van der Waals surface area contributed by atoms with E-state index in [9.17, 15) is 4.79 Å². The number of benzene rings is 1. The zero-order valence-corrected chi connectivity index (χ0v) is 9.19. The van der Waals surface area contributed by atoms with Gasteiger partial charge in [-0.25, -0.2) is 0 Å². The van der Waals surface area contributed by atoms with E-state index in [1.807, 2.05) is 24.3 Å². The molecule has 0 bridgehead atoms. The number of hydrogen-bond donors (Lipinski definition) is 2. The topological polar surface area (TPSA) is 58.6 Å². The van der Waals surface area contributed by atoms with Gasteiger partial charge in [0.1, 0.15) is 5.75 Å². The van der Waals surface area contributed by atoms with Crippen molar-refractivity contribution in [3.63, 3.8) is 0 Å². The van der Waals surface area contributed by atoms with Crippen LogP contribution in [-0.4, -0.2) is 24.7 Å². The van der Waals surface area contributed by atoms with Crippen LogP contribution in [0.5, 0.6) is 5.75 Å². The molecule has 1 aliphatic rings. The van der Waals surface area contributed by atoms with Gasteiger partial charge in [-0.1, -0.05) is 0 Å². The quantitative estimate of drug-likeness (QED) is 0.798. The maximum Gasteiger partial charge on any atom is 0.311 e. The molecule has 0 amide bonds. The number of hydrogen-bond acceptors (Lipinski definition) is 3. The third-order valence-corrected chi connectivity index (χ3v) is 3.03. The maximum absolute atomic E-state index is 10.9. The highest BCUT2D eigenvalue weighted by Crippen LogP contribution is 2.45. The lowest BCUT2D eigenvalue weighted by Gasteiger charge is -2.12. The van der Waals surface area contributed by atoms with E-state index in [0.29, 0.717) is 6.54 Å². The summed E-state index contributed by atoms with van der Waals surface area (Å²) in [6.07, 6.45) is 1.54. The molecule has 1 aliphatic carbocycles. The zero-order chi connectivity index (χ0) is 11.6. The number of carbonyl (C=O) groups is 1. The monoisotopic (exact) mass is 221 g/mol. The van der Waals surface area contributed by atoms with Crippen LogP contribution in [0, 0.1) is 5.41 Å². The predicted octanol–water partition coefficient (Wildman–Crippen LogP) is 1.97. The minimum atomic E-state index is -0.700. The lowest BCUT2D eigenvalue weighted by Crippen LogP contribution is -2.24. The summed E-state index contributed by atoms with van der Waals surface area (Å²) in [5.74, 6) is 0.0958. The van der Waals surface area contributed by atoms with Gasteiger partial charge in [0.2, 0.25) is 0 Å². The Hall–Kier alpha value is -1.71. The molecule has 1 fully saturated rings. The normalized spacial score (nSPS) is 16.6. The summed E-state index contributed by atoms with van der Waals surface area (Å²) in [7, 11) is 1.62. The largest absolute Gasteiger partial charge is 0.497 e. The molecule has 0 radical (unpaired) electrons. The number of carboxylic acids is 1. The Kier molecular flexibility index (Phi) is 2.73. The first-order chi connectivity index (χ1) is 7.66. The average molecular weight is 221 g/mol. The van der Waals surface area contributed by atoms with Crippen LogP contribution >= 0.6 is 0 Å². The fourth-order valence-electron chi connectivity index (χ4n) is 1.60. The lowest BCUT2D eigenvalue weighted by atomic mass is 10.1. The average Bonchev–Trinajstić information content (AvgIpc) is 3.08. The summed E-state index contributed by atoms with van der Waals surface area (Å²) < 4.78 is 5.04. The highest BCUT2D eigenvalue weighted by molar-refractivity contribution is 5.78. The number of aliphatic carboxylic acids is 1. The van der Waals surface area contributed by atoms with E-state index in [1.165, 1.54) is 0 Å². The second-order valence-electron chi connectivity index (χ2n) is 4.17. The minimum Gasteiger partial charge on any atom is -0.497 e. The molecule has 1 saturated carbocycles. The molecule has 16 heavy (non-hydrogen) atoms. The fourth-order valence-corrected chi connectivity index (χ4v) is 1.60. The van der Waals surface area contributed by atoms with Crippen molar-refractivity contribution in [1.29, 1.82) is 0 Å². The first kappa shape index (κ1) is 10.8. The van der Waals surface area contributed by atoms with Gasteiger partial charge in [0.15, 0.2) is 0 Å². The molecule has 0 unspecified atom stereocenters. The second-order valence-corrected chi connectivity index (χ2v) is 4.17. The standard InChI is InChI=1S/C12H15NO3/c1-16-10-4-2-9(3-5-10)13-8-12(6-7-12)11(14)15/h2-5,13H,6-8H2,1H3,(H,14,15). The molecule has 2 N–H and O–H groups in total. The van der Waals surface area contributed by atoms with Crippen LogP contribution in [0.2, 0.25) is 0 Å². The van der Waals surface area contributed by atoms with Gasteiger partial charge in [0, 0.05) is 12.2 Å². The molecule has 0 aliphatic heterocycles. The molecular formula is C12H15NO3. The number of nitrogens with one attached hydrogen (secondary N) is 1. The van der Waals surface area contributed by atoms with E-state index in [1.54, 1.807) is 7.11 Å². The van der Waals surface area contributed by atoms with Gasteiger partial charge in [0.05, 0.1) is 12.5 Å². The van der Waals surface area contributed by atoms with Crippen molar-refractivity contribution >= 4 is 11.7 Å². The van der Waals surface area contributed by atoms with E-state index < -0.39 is 11.4 Å². The molecular weight excluding hydrogens is 206 g/mol. The van der Waals surface area contributed by atoms with Crippen LogP contribution in [-0.2, 0) is 4.79 Å². The Bertz CT molecular complexity index is 382. The van der Waals surface area contributed by atoms with E-state index in [0.717, 1.165) is 24.3 Å². The molecule has 1 aromatic rings. The van der Waals surface area contributed by atoms with Crippen molar-refractivity contribution in [2.45, 2.75) is 12.8 Å². The van der Waals surface area contributed by atoms with Gasteiger partial charge in [-0.05, 0) is 37.1 Å². The predicted molar refractivity (Wildman–Crippen MR) is 60.8 cm³/mol. The molecule has 86 valence electrons. The van der Waals surface area contributed by atoms with Crippen molar-refractivity contribution in [3.05, 3.63) is 24.3 Å². The smallest absolute Gasteiger partial charge is 0.311 e. The fraction of sp³-hybridized carbons (Fsp3) is 0.417. The summed E-state index contributed by atoms with van der Waals surface area (Å²) in [4.78, 5) is 10.9. The van der Waals surface area contributed by atoms with Crippen LogP contribution < -0.4 is 10.1 Å². The Labute approximate surface area is 94.2 Å². The van der Waals surface area contributed by atoms with Gasteiger partial charge in [-0.15, -0.1) is 0 Å². The Morgan fingerprint density at radius 3 is 2.50 bits per heavy atom. The molecule has 0 atom stereocenters. The van der Waals surface area contributed by atoms with Gasteiger partial charge >= 0.3 is 5.97 Å². The van der Waals surface area contributed by atoms with E-state index in [2.05, 4.69) is 5.32 Å². The third kappa shape index (κ3) is 2.10. The summed E-state index contributed by atoms with van der Waals surface area (Å²) in [5.41, 5.74) is 0.397. The molecule has 4 nitrogen and oxygen atoms in total. The minimum absolute atomic E-state index is 0.495. The van der Waals surface area contributed by atoms with E-state index in [-0.39, 0.29) is 0 Å². The maximum atomic E-state index is 10.9. The molecule has 0 spiro atoms. The lowest BCUT2D eigenvalue weighted by molar-refractivity contribution is -0.142. The Balaban J connectivity index is 1.92. The van der Waals surface area contributed by atoms with Gasteiger partial charge in [-0.2, -0.15) is 0 Å². The van der Waals surface area contributed by atoms with Gasteiger partial charge < -0.3 is 15.2 Å². The van der Waals surface area contributed by atoms with Gasteiger partial charge in [-0.3, -0.25) is 4.79 Å². The van der Waals surface area contributed by atoms with Crippen LogP contribution in [0.1, 0.15) is 12.8 Å². The summed E-state index contributed by atoms with van der Waals surface area (Å²) >= 11 is 0. The molecule has 0 heterocycles. The Morgan fingerprint density at radius 1 is 1.44 bits per heavy atom. The molecule has 0 saturated heterocycles. The van der Waals surface area contributed by atoms with Crippen molar-refractivity contribution < 1.29 is 14.6 Å². The third-order valence-electron chi connectivity index (χ3n) is 3.03. The summed E-state index contributed by atoms with van der Waals surface area (Å²) in [5, 5.41) is 12.1.